The second-order valence-electron chi connectivity index (χ2n) is 4.97. The van der Waals surface area contributed by atoms with Crippen LogP contribution in [0.15, 0.2) is 42.5 Å². The van der Waals surface area contributed by atoms with Crippen LogP contribution < -0.4 is 5.32 Å². The van der Waals surface area contributed by atoms with Gasteiger partial charge in [-0.05, 0) is 35.9 Å². The summed E-state index contributed by atoms with van der Waals surface area (Å²) in [6.07, 6.45) is 2.69. The van der Waals surface area contributed by atoms with Crippen molar-refractivity contribution in [3.05, 3.63) is 68.7 Å². The van der Waals surface area contributed by atoms with E-state index in [1.165, 1.54) is 24.3 Å². The first-order chi connectivity index (χ1) is 12.4. The van der Waals surface area contributed by atoms with E-state index in [1.807, 2.05) is 6.07 Å². The number of amides is 1. The molecule has 26 heavy (non-hydrogen) atoms. The summed E-state index contributed by atoms with van der Waals surface area (Å²) in [5, 5.41) is 11.9. The molecule has 0 radical (unpaired) electrons. The van der Waals surface area contributed by atoms with Gasteiger partial charge in [0, 0.05) is 6.08 Å². The van der Waals surface area contributed by atoms with E-state index < -0.39 is 18.5 Å². The van der Waals surface area contributed by atoms with Gasteiger partial charge in [0.15, 0.2) is 6.61 Å². The molecule has 2 aromatic carbocycles. The van der Waals surface area contributed by atoms with Gasteiger partial charge in [-0.1, -0.05) is 46.9 Å². The number of esters is 1. The van der Waals surface area contributed by atoms with E-state index in [4.69, 9.17) is 44.8 Å². The van der Waals surface area contributed by atoms with Crippen molar-refractivity contribution in [2.24, 2.45) is 0 Å². The third-order valence-electron chi connectivity index (χ3n) is 3.08. The number of ether oxygens (including phenoxy) is 1. The lowest BCUT2D eigenvalue weighted by Crippen LogP contribution is -2.20. The van der Waals surface area contributed by atoms with Crippen molar-refractivity contribution in [3.8, 4) is 6.07 Å². The molecule has 0 spiro atoms. The Morgan fingerprint density at radius 2 is 1.73 bits per heavy atom. The summed E-state index contributed by atoms with van der Waals surface area (Å²) in [6.45, 7) is -0.493. The van der Waals surface area contributed by atoms with Crippen molar-refractivity contribution in [1.82, 2.24) is 0 Å². The monoisotopic (exact) mass is 408 g/mol. The minimum absolute atomic E-state index is 0.208. The van der Waals surface area contributed by atoms with Crippen LogP contribution in [0.4, 0.5) is 5.69 Å². The maximum Gasteiger partial charge on any atom is 0.331 e. The predicted molar refractivity (Wildman–Crippen MR) is 101 cm³/mol. The first-order valence-corrected chi connectivity index (χ1v) is 8.32. The van der Waals surface area contributed by atoms with Crippen molar-refractivity contribution in [3.63, 3.8) is 0 Å². The quantitative estimate of drug-likeness (QED) is 0.440. The molecule has 0 heterocycles. The fourth-order valence-corrected chi connectivity index (χ4v) is 2.42. The van der Waals surface area contributed by atoms with Crippen LogP contribution in [-0.4, -0.2) is 18.5 Å². The zero-order chi connectivity index (χ0) is 19.1. The van der Waals surface area contributed by atoms with Gasteiger partial charge in [0.25, 0.3) is 5.91 Å². The van der Waals surface area contributed by atoms with Crippen LogP contribution in [0.5, 0.6) is 0 Å². The molecule has 0 atom stereocenters. The summed E-state index contributed by atoms with van der Waals surface area (Å²) in [6, 6.07) is 11.4. The van der Waals surface area contributed by atoms with Crippen molar-refractivity contribution in [2.75, 3.05) is 11.9 Å². The van der Waals surface area contributed by atoms with E-state index in [2.05, 4.69) is 5.32 Å². The normalized spacial score (nSPS) is 10.4. The third kappa shape index (κ3) is 5.78. The summed E-state index contributed by atoms with van der Waals surface area (Å²) in [5.41, 5.74) is 1.49. The maximum atomic E-state index is 11.8. The lowest BCUT2D eigenvalue weighted by molar-refractivity contribution is -0.142. The van der Waals surface area contributed by atoms with Crippen LogP contribution in [0.3, 0.4) is 0 Å². The molecule has 8 heteroatoms. The lowest BCUT2D eigenvalue weighted by Gasteiger charge is -2.08. The number of hydrogen-bond acceptors (Lipinski definition) is 4. The van der Waals surface area contributed by atoms with Crippen LogP contribution >= 0.6 is 34.8 Å². The molecule has 0 aliphatic carbocycles. The SMILES string of the molecule is N#Cc1ccc(/C=C/C(=O)OCC(=O)Nc2cc(Cl)c(Cl)cc2Cl)cc1. The number of anilines is 1. The maximum absolute atomic E-state index is 11.8. The molecular formula is C18H11Cl3N2O3. The van der Waals surface area contributed by atoms with Crippen molar-refractivity contribution in [1.29, 1.82) is 5.26 Å². The first kappa shape index (κ1) is 19.8. The van der Waals surface area contributed by atoms with Gasteiger partial charge in [-0.25, -0.2) is 4.79 Å². The number of nitrogens with one attached hydrogen (secondary N) is 1. The Kier molecular flexibility index (Phi) is 7.05. The molecule has 0 aliphatic heterocycles. The smallest absolute Gasteiger partial charge is 0.331 e. The van der Waals surface area contributed by atoms with Crippen LogP contribution in [0, 0.1) is 11.3 Å². The molecule has 0 saturated heterocycles. The fraction of sp³-hybridized carbons (Fsp3) is 0.0556. The summed E-state index contributed by atoms with van der Waals surface area (Å²) in [4.78, 5) is 23.5. The summed E-state index contributed by atoms with van der Waals surface area (Å²) in [5.74, 6) is -1.27. The molecule has 2 rings (SSSR count). The fourth-order valence-electron chi connectivity index (χ4n) is 1.82. The summed E-state index contributed by atoms with van der Waals surface area (Å²) < 4.78 is 4.84. The number of nitrogens with zero attached hydrogens (tertiary/aromatic N) is 1. The largest absolute Gasteiger partial charge is 0.452 e. The molecule has 0 aromatic heterocycles. The molecule has 0 fully saturated rings. The van der Waals surface area contributed by atoms with E-state index in [9.17, 15) is 9.59 Å². The van der Waals surface area contributed by atoms with Gasteiger partial charge in [0.05, 0.1) is 32.4 Å². The highest BCUT2D eigenvalue weighted by Gasteiger charge is 2.10. The van der Waals surface area contributed by atoms with Gasteiger partial charge in [-0.3, -0.25) is 4.79 Å². The van der Waals surface area contributed by atoms with Gasteiger partial charge in [-0.15, -0.1) is 0 Å². The van der Waals surface area contributed by atoms with E-state index in [0.717, 1.165) is 0 Å². The Morgan fingerprint density at radius 1 is 1.08 bits per heavy atom. The number of hydrogen-bond donors (Lipinski definition) is 1. The van der Waals surface area contributed by atoms with Crippen LogP contribution in [0.25, 0.3) is 6.08 Å². The Morgan fingerprint density at radius 3 is 2.38 bits per heavy atom. The van der Waals surface area contributed by atoms with Crippen molar-refractivity contribution >= 4 is 58.4 Å². The number of carbonyl (C=O) groups excluding carboxylic acids is 2. The number of nitriles is 1. The van der Waals surface area contributed by atoms with Gasteiger partial charge < -0.3 is 10.1 Å². The van der Waals surface area contributed by atoms with Crippen LogP contribution in [-0.2, 0) is 14.3 Å². The van der Waals surface area contributed by atoms with Crippen molar-refractivity contribution in [2.45, 2.75) is 0 Å². The van der Waals surface area contributed by atoms with Gasteiger partial charge >= 0.3 is 5.97 Å². The molecule has 0 bridgehead atoms. The minimum Gasteiger partial charge on any atom is -0.452 e. The zero-order valence-corrected chi connectivity index (χ0v) is 15.4. The highest BCUT2D eigenvalue weighted by atomic mass is 35.5. The lowest BCUT2D eigenvalue weighted by atomic mass is 10.1. The predicted octanol–water partition coefficient (Wildman–Crippen LogP) is 4.71. The standard InChI is InChI=1S/C18H11Cl3N2O3/c19-13-7-15(21)16(8-14(13)20)23-17(24)10-26-18(25)6-5-11-1-3-12(9-22)4-2-11/h1-8H,10H2,(H,23,24)/b6-5+. The van der Waals surface area contributed by atoms with E-state index in [0.29, 0.717) is 11.1 Å². The molecule has 5 nitrogen and oxygen atoms in total. The second kappa shape index (κ2) is 9.25. The Bertz CT molecular complexity index is 903. The van der Waals surface area contributed by atoms with Gasteiger partial charge in [0.1, 0.15) is 0 Å². The Labute approximate surface area is 164 Å². The van der Waals surface area contributed by atoms with Gasteiger partial charge in [0.2, 0.25) is 0 Å². The van der Waals surface area contributed by atoms with E-state index >= 15 is 0 Å². The number of carbonyl (C=O) groups is 2. The molecule has 0 saturated carbocycles. The highest BCUT2D eigenvalue weighted by Crippen LogP contribution is 2.32. The first-order valence-electron chi connectivity index (χ1n) is 7.18. The molecule has 1 amide bonds. The second-order valence-corrected chi connectivity index (χ2v) is 6.19. The van der Waals surface area contributed by atoms with Crippen molar-refractivity contribution < 1.29 is 14.3 Å². The molecule has 2 aromatic rings. The van der Waals surface area contributed by atoms with Crippen LogP contribution in [0.1, 0.15) is 11.1 Å². The number of halogens is 3. The van der Waals surface area contributed by atoms with E-state index in [-0.39, 0.29) is 20.8 Å². The summed E-state index contributed by atoms with van der Waals surface area (Å²) >= 11 is 17.6. The Hall–Kier alpha value is -2.52. The minimum atomic E-state index is -0.690. The third-order valence-corrected chi connectivity index (χ3v) is 4.12. The molecule has 132 valence electrons. The van der Waals surface area contributed by atoms with E-state index in [1.54, 1.807) is 24.3 Å². The molecule has 0 unspecified atom stereocenters. The topological polar surface area (TPSA) is 79.2 Å². The van der Waals surface area contributed by atoms with Gasteiger partial charge in [-0.2, -0.15) is 5.26 Å². The summed E-state index contributed by atoms with van der Waals surface area (Å²) in [7, 11) is 0. The zero-order valence-electron chi connectivity index (χ0n) is 13.1. The van der Waals surface area contributed by atoms with Crippen LogP contribution in [0.2, 0.25) is 15.1 Å². The Balaban J connectivity index is 1.86. The molecular weight excluding hydrogens is 399 g/mol. The average Bonchev–Trinajstić information content (AvgIpc) is 2.63. The molecule has 1 N–H and O–H groups in total. The average molecular weight is 410 g/mol. The number of benzene rings is 2. The number of rotatable bonds is 5. The molecule has 0 aliphatic rings. The highest BCUT2D eigenvalue weighted by molar-refractivity contribution is 6.44.